The molecule has 2 heterocycles. The Hall–Kier alpha value is -1.36. The second kappa shape index (κ2) is 3.79. The van der Waals surface area contributed by atoms with Crippen molar-refractivity contribution in [1.29, 1.82) is 0 Å². The first-order chi connectivity index (χ1) is 6.85. The average Bonchev–Trinajstić information content (AvgIpc) is 2.85. The highest BCUT2D eigenvalue weighted by atomic mass is 35.5. The number of hydrogen-bond donors (Lipinski definition) is 0. The molecule has 6 heteroatoms. The second-order valence-corrected chi connectivity index (χ2v) is 3.07. The summed E-state index contributed by atoms with van der Waals surface area (Å²) in [5.41, 5.74) is 0.938. The number of halogens is 1. The molecule has 14 heavy (non-hydrogen) atoms. The lowest BCUT2D eigenvalue weighted by molar-refractivity contribution is 0.659. The third-order valence-corrected chi connectivity index (χ3v) is 2.20. The molecule has 0 atom stereocenters. The molecule has 5 nitrogen and oxygen atoms in total. The number of aromatic nitrogens is 5. The standard InChI is InChI=1S/C8H10ClN5/c1-2-13-5-7(4-11-13)14-6-10-12-8(14)3-9/h4-6H,2-3H2,1H3. The second-order valence-electron chi connectivity index (χ2n) is 2.81. The van der Waals surface area contributed by atoms with Gasteiger partial charge < -0.3 is 0 Å². The van der Waals surface area contributed by atoms with Crippen molar-refractivity contribution in [2.24, 2.45) is 0 Å². The Morgan fingerprint density at radius 1 is 1.50 bits per heavy atom. The SMILES string of the molecule is CCn1cc(-n2cnnc2CCl)cn1. The monoisotopic (exact) mass is 211 g/mol. The molecule has 0 radical (unpaired) electrons. The van der Waals surface area contributed by atoms with E-state index in [1.54, 1.807) is 12.5 Å². The van der Waals surface area contributed by atoms with Crippen LogP contribution < -0.4 is 0 Å². The molecule has 0 amide bonds. The van der Waals surface area contributed by atoms with Gasteiger partial charge in [0.05, 0.1) is 17.8 Å². The summed E-state index contributed by atoms with van der Waals surface area (Å²) >= 11 is 5.71. The Kier molecular flexibility index (Phi) is 2.49. The van der Waals surface area contributed by atoms with E-state index < -0.39 is 0 Å². The van der Waals surface area contributed by atoms with Crippen LogP contribution in [0.5, 0.6) is 0 Å². The topological polar surface area (TPSA) is 48.5 Å². The summed E-state index contributed by atoms with van der Waals surface area (Å²) < 4.78 is 3.67. The van der Waals surface area contributed by atoms with Gasteiger partial charge in [0.15, 0.2) is 5.82 Å². The molecule has 0 N–H and O–H groups in total. The highest BCUT2D eigenvalue weighted by molar-refractivity contribution is 6.16. The molecule has 0 spiro atoms. The molecule has 0 unspecified atom stereocenters. The lowest BCUT2D eigenvalue weighted by atomic mass is 10.5. The van der Waals surface area contributed by atoms with Crippen molar-refractivity contribution in [2.75, 3.05) is 0 Å². The first kappa shape index (κ1) is 9.21. The third kappa shape index (κ3) is 1.50. The van der Waals surface area contributed by atoms with E-state index in [0.717, 1.165) is 18.1 Å². The highest BCUT2D eigenvalue weighted by Crippen LogP contribution is 2.09. The van der Waals surface area contributed by atoms with Crippen molar-refractivity contribution in [2.45, 2.75) is 19.3 Å². The molecular weight excluding hydrogens is 202 g/mol. The van der Waals surface area contributed by atoms with E-state index in [1.165, 1.54) is 0 Å². The normalized spacial score (nSPS) is 10.7. The van der Waals surface area contributed by atoms with E-state index in [2.05, 4.69) is 15.3 Å². The summed E-state index contributed by atoms with van der Waals surface area (Å²) in [7, 11) is 0. The van der Waals surface area contributed by atoms with Crippen molar-refractivity contribution in [3.05, 3.63) is 24.5 Å². The summed E-state index contributed by atoms with van der Waals surface area (Å²) in [4.78, 5) is 0. The summed E-state index contributed by atoms with van der Waals surface area (Å²) in [6.45, 7) is 2.88. The molecule has 0 aromatic carbocycles. The predicted molar refractivity (Wildman–Crippen MR) is 52.4 cm³/mol. The van der Waals surface area contributed by atoms with E-state index >= 15 is 0 Å². The van der Waals surface area contributed by atoms with Crippen molar-refractivity contribution in [3.8, 4) is 5.69 Å². The van der Waals surface area contributed by atoms with Crippen molar-refractivity contribution in [1.82, 2.24) is 24.5 Å². The molecule has 0 saturated carbocycles. The lowest BCUT2D eigenvalue weighted by Crippen LogP contribution is -1.97. The van der Waals surface area contributed by atoms with Gasteiger partial charge in [-0.15, -0.1) is 21.8 Å². The van der Waals surface area contributed by atoms with Crippen molar-refractivity contribution < 1.29 is 0 Å². The highest BCUT2D eigenvalue weighted by Gasteiger charge is 2.06. The minimum atomic E-state index is 0.345. The van der Waals surface area contributed by atoms with Crippen LogP contribution in [0.4, 0.5) is 0 Å². The molecule has 74 valence electrons. The quantitative estimate of drug-likeness (QED) is 0.718. The number of nitrogens with zero attached hydrogens (tertiary/aromatic N) is 5. The van der Waals surface area contributed by atoms with Crippen LogP contribution in [0.15, 0.2) is 18.7 Å². The van der Waals surface area contributed by atoms with Gasteiger partial charge in [-0.2, -0.15) is 5.10 Å². The maximum Gasteiger partial charge on any atom is 0.152 e. The number of alkyl halides is 1. The number of aryl methyl sites for hydroxylation is 1. The smallest absolute Gasteiger partial charge is 0.152 e. The number of rotatable bonds is 3. The van der Waals surface area contributed by atoms with Gasteiger partial charge in [-0.05, 0) is 6.92 Å². The van der Waals surface area contributed by atoms with Crippen LogP contribution in [0.2, 0.25) is 0 Å². The Labute approximate surface area is 86.3 Å². The van der Waals surface area contributed by atoms with E-state index in [9.17, 15) is 0 Å². The van der Waals surface area contributed by atoms with E-state index in [0.29, 0.717) is 5.88 Å². The maximum atomic E-state index is 5.71. The van der Waals surface area contributed by atoms with Gasteiger partial charge in [-0.25, -0.2) is 0 Å². The van der Waals surface area contributed by atoms with E-state index in [-0.39, 0.29) is 0 Å². The summed E-state index contributed by atoms with van der Waals surface area (Å²) in [5, 5.41) is 11.8. The largest absolute Gasteiger partial charge is 0.281 e. The molecule has 0 aliphatic rings. The van der Waals surface area contributed by atoms with Gasteiger partial charge in [0.1, 0.15) is 6.33 Å². The fourth-order valence-electron chi connectivity index (χ4n) is 1.22. The van der Waals surface area contributed by atoms with Crippen LogP contribution in [0.3, 0.4) is 0 Å². The van der Waals surface area contributed by atoms with E-state index in [4.69, 9.17) is 11.6 Å². The first-order valence-electron chi connectivity index (χ1n) is 4.33. The van der Waals surface area contributed by atoms with Gasteiger partial charge in [-0.3, -0.25) is 9.25 Å². The molecule has 2 rings (SSSR count). The summed E-state index contributed by atoms with van der Waals surface area (Å²) in [5.74, 6) is 1.07. The Morgan fingerprint density at radius 2 is 2.36 bits per heavy atom. The van der Waals surface area contributed by atoms with Gasteiger partial charge in [0.2, 0.25) is 0 Å². The Morgan fingerprint density at radius 3 is 3.00 bits per heavy atom. The molecular formula is C8H10ClN5. The minimum absolute atomic E-state index is 0.345. The van der Waals surface area contributed by atoms with Crippen LogP contribution in [-0.4, -0.2) is 24.5 Å². The lowest BCUT2D eigenvalue weighted by Gasteiger charge is -1.98. The maximum absolute atomic E-state index is 5.71. The molecule has 2 aromatic heterocycles. The fourth-order valence-corrected chi connectivity index (χ4v) is 1.40. The van der Waals surface area contributed by atoms with Gasteiger partial charge >= 0.3 is 0 Å². The van der Waals surface area contributed by atoms with Gasteiger partial charge in [0, 0.05) is 12.7 Å². The molecule has 0 aliphatic carbocycles. The van der Waals surface area contributed by atoms with Crippen LogP contribution in [0, 0.1) is 0 Å². The molecule has 2 aromatic rings. The Bertz CT molecular complexity index is 419. The van der Waals surface area contributed by atoms with Crippen LogP contribution >= 0.6 is 11.6 Å². The van der Waals surface area contributed by atoms with Crippen LogP contribution in [0.25, 0.3) is 5.69 Å². The van der Waals surface area contributed by atoms with Crippen molar-refractivity contribution in [3.63, 3.8) is 0 Å². The zero-order chi connectivity index (χ0) is 9.97. The van der Waals surface area contributed by atoms with E-state index in [1.807, 2.05) is 22.4 Å². The summed E-state index contributed by atoms with van der Waals surface area (Å²) in [6, 6.07) is 0. The molecule has 0 bridgehead atoms. The minimum Gasteiger partial charge on any atom is -0.281 e. The first-order valence-corrected chi connectivity index (χ1v) is 4.86. The van der Waals surface area contributed by atoms with Gasteiger partial charge in [-0.1, -0.05) is 0 Å². The fraction of sp³-hybridized carbons (Fsp3) is 0.375. The Balaban J connectivity index is 2.38. The predicted octanol–water partition coefficient (Wildman–Crippen LogP) is 1.22. The zero-order valence-corrected chi connectivity index (χ0v) is 8.52. The third-order valence-electron chi connectivity index (χ3n) is 1.96. The van der Waals surface area contributed by atoms with Crippen LogP contribution in [-0.2, 0) is 12.4 Å². The molecule has 0 fully saturated rings. The number of hydrogen-bond acceptors (Lipinski definition) is 3. The van der Waals surface area contributed by atoms with Crippen LogP contribution in [0.1, 0.15) is 12.7 Å². The van der Waals surface area contributed by atoms with Crippen molar-refractivity contribution >= 4 is 11.6 Å². The van der Waals surface area contributed by atoms with Gasteiger partial charge in [0.25, 0.3) is 0 Å². The summed E-state index contributed by atoms with van der Waals surface area (Å²) in [6.07, 6.45) is 5.33. The average molecular weight is 212 g/mol. The zero-order valence-electron chi connectivity index (χ0n) is 7.76. The molecule has 0 aliphatic heterocycles. The molecule has 0 saturated heterocycles.